The van der Waals surface area contributed by atoms with Crippen LogP contribution in [-0.2, 0) is 13.6 Å². The van der Waals surface area contributed by atoms with Crippen LogP contribution in [0.2, 0.25) is 0 Å². The Morgan fingerprint density at radius 2 is 1.92 bits per heavy atom. The van der Waals surface area contributed by atoms with E-state index in [1.54, 1.807) is 30.3 Å². The lowest BCUT2D eigenvalue weighted by atomic mass is 10.1. The number of carbonyl (C=O) groups is 1. The average Bonchev–Trinajstić information content (AvgIpc) is 3.06. The van der Waals surface area contributed by atoms with E-state index in [0.717, 1.165) is 11.3 Å². The first kappa shape index (κ1) is 15.9. The highest BCUT2D eigenvalue weighted by atomic mass is 16.2. The molecule has 0 aliphatic carbocycles. The van der Waals surface area contributed by atoms with Crippen LogP contribution in [0.15, 0.2) is 67.1 Å². The molecule has 0 aliphatic heterocycles. The lowest BCUT2D eigenvalue weighted by Gasteiger charge is -2.28. The summed E-state index contributed by atoms with van der Waals surface area (Å²) in [4.78, 5) is 19.3. The van der Waals surface area contributed by atoms with Crippen molar-refractivity contribution in [2.24, 2.45) is 7.05 Å². The van der Waals surface area contributed by atoms with Gasteiger partial charge in [-0.2, -0.15) is 5.10 Å². The van der Waals surface area contributed by atoms with Crippen LogP contribution < -0.4 is 0 Å². The summed E-state index contributed by atoms with van der Waals surface area (Å²) in [5, 5.41) is 4.11. The topological polar surface area (TPSA) is 51.0 Å². The van der Waals surface area contributed by atoms with Crippen molar-refractivity contribution >= 4 is 5.91 Å². The van der Waals surface area contributed by atoms with Gasteiger partial charge in [0.1, 0.15) is 0 Å². The van der Waals surface area contributed by atoms with E-state index in [-0.39, 0.29) is 11.9 Å². The molecule has 0 radical (unpaired) electrons. The normalized spacial score (nSPS) is 11.9. The number of rotatable bonds is 5. The molecule has 0 saturated heterocycles. The van der Waals surface area contributed by atoms with Crippen LogP contribution >= 0.6 is 0 Å². The van der Waals surface area contributed by atoms with Crippen LogP contribution in [0.3, 0.4) is 0 Å². The van der Waals surface area contributed by atoms with E-state index < -0.39 is 0 Å². The quantitative estimate of drug-likeness (QED) is 0.725. The molecule has 5 nitrogen and oxygen atoms in total. The van der Waals surface area contributed by atoms with E-state index >= 15 is 0 Å². The minimum Gasteiger partial charge on any atom is -0.326 e. The standard InChI is InChI=1S/C19H20N4O/c1-15(18-10-6-7-11-20-18)23(13-16-8-4-3-5-9-16)19(24)17-12-21-22(2)14-17/h3-12,14-15H,13H2,1-2H3/t15-/m0/s1. The van der Waals surface area contributed by atoms with Gasteiger partial charge in [0, 0.05) is 26.0 Å². The van der Waals surface area contributed by atoms with Gasteiger partial charge in [-0.3, -0.25) is 14.5 Å². The number of pyridine rings is 1. The van der Waals surface area contributed by atoms with Crippen molar-refractivity contribution in [3.05, 3.63) is 83.9 Å². The minimum atomic E-state index is -0.140. The summed E-state index contributed by atoms with van der Waals surface area (Å²) >= 11 is 0. The number of amides is 1. The van der Waals surface area contributed by atoms with Gasteiger partial charge in [0.05, 0.1) is 23.5 Å². The second kappa shape index (κ2) is 7.08. The lowest BCUT2D eigenvalue weighted by Crippen LogP contribution is -2.33. The Morgan fingerprint density at radius 1 is 1.17 bits per heavy atom. The van der Waals surface area contributed by atoms with E-state index in [1.807, 2.05) is 60.4 Å². The van der Waals surface area contributed by atoms with Crippen molar-refractivity contribution < 1.29 is 4.79 Å². The van der Waals surface area contributed by atoms with Gasteiger partial charge in [0.25, 0.3) is 5.91 Å². The number of carbonyl (C=O) groups excluding carboxylic acids is 1. The van der Waals surface area contributed by atoms with Gasteiger partial charge >= 0.3 is 0 Å². The summed E-state index contributed by atoms with van der Waals surface area (Å²) in [5.74, 6) is -0.0508. The number of hydrogen-bond donors (Lipinski definition) is 0. The maximum Gasteiger partial charge on any atom is 0.257 e. The highest BCUT2D eigenvalue weighted by Crippen LogP contribution is 2.23. The van der Waals surface area contributed by atoms with Crippen molar-refractivity contribution in [1.82, 2.24) is 19.7 Å². The predicted molar refractivity (Wildman–Crippen MR) is 92.2 cm³/mol. The SMILES string of the molecule is C[C@@H](c1ccccn1)N(Cc1ccccc1)C(=O)c1cnn(C)c1. The Hall–Kier alpha value is -2.95. The number of aryl methyl sites for hydroxylation is 1. The molecule has 0 saturated carbocycles. The number of nitrogens with zero attached hydrogens (tertiary/aromatic N) is 4. The van der Waals surface area contributed by atoms with Crippen LogP contribution in [0.25, 0.3) is 0 Å². The molecule has 5 heteroatoms. The first-order valence-electron chi connectivity index (χ1n) is 7.89. The third-order valence-corrected chi connectivity index (χ3v) is 3.99. The lowest BCUT2D eigenvalue weighted by molar-refractivity contribution is 0.0670. The molecular weight excluding hydrogens is 300 g/mol. The molecule has 0 unspecified atom stereocenters. The highest BCUT2D eigenvalue weighted by Gasteiger charge is 2.24. The fourth-order valence-corrected chi connectivity index (χ4v) is 2.64. The van der Waals surface area contributed by atoms with E-state index in [1.165, 1.54) is 0 Å². The van der Waals surface area contributed by atoms with Gasteiger partial charge < -0.3 is 4.90 Å². The fourth-order valence-electron chi connectivity index (χ4n) is 2.64. The molecular formula is C19H20N4O. The zero-order valence-electron chi connectivity index (χ0n) is 13.8. The summed E-state index contributed by atoms with van der Waals surface area (Å²) in [5.41, 5.74) is 2.53. The van der Waals surface area contributed by atoms with Gasteiger partial charge in [0.15, 0.2) is 0 Å². The molecule has 0 aliphatic rings. The molecule has 1 aromatic carbocycles. The van der Waals surface area contributed by atoms with Gasteiger partial charge in [-0.15, -0.1) is 0 Å². The summed E-state index contributed by atoms with van der Waals surface area (Å²) in [6.07, 6.45) is 5.10. The first-order chi connectivity index (χ1) is 11.6. The molecule has 2 aromatic heterocycles. The van der Waals surface area contributed by atoms with E-state index in [9.17, 15) is 4.79 Å². The second-order valence-corrected chi connectivity index (χ2v) is 5.75. The first-order valence-corrected chi connectivity index (χ1v) is 7.89. The Kier molecular flexibility index (Phi) is 4.70. The zero-order chi connectivity index (χ0) is 16.9. The smallest absolute Gasteiger partial charge is 0.257 e. The summed E-state index contributed by atoms with van der Waals surface area (Å²) in [6, 6.07) is 15.6. The molecule has 122 valence electrons. The molecule has 3 rings (SSSR count). The van der Waals surface area contributed by atoms with Crippen LogP contribution in [0, 0.1) is 0 Å². The van der Waals surface area contributed by atoms with Crippen molar-refractivity contribution in [1.29, 1.82) is 0 Å². The van der Waals surface area contributed by atoms with Gasteiger partial charge in [-0.05, 0) is 24.6 Å². The number of aromatic nitrogens is 3. The molecule has 0 spiro atoms. The maximum absolute atomic E-state index is 13.0. The molecule has 3 aromatic rings. The third-order valence-electron chi connectivity index (χ3n) is 3.99. The average molecular weight is 320 g/mol. The molecule has 0 N–H and O–H groups in total. The van der Waals surface area contributed by atoms with Gasteiger partial charge in [-0.1, -0.05) is 36.4 Å². The monoisotopic (exact) mass is 320 g/mol. The largest absolute Gasteiger partial charge is 0.326 e. The van der Waals surface area contributed by atoms with Crippen LogP contribution in [0.5, 0.6) is 0 Å². The van der Waals surface area contributed by atoms with Gasteiger partial charge in [-0.25, -0.2) is 0 Å². The van der Waals surface area contributed by atoms with E-state index in [0.29, 0.717) is 12.1 Å². The minimum absolute atomic E-state index is 0.0508. The molecule has 2 heterocycles. The predicted octanol–water partition coefficient (Wildman–Crippen LogP) is 3.22. The Bertz CT molecular complexity index is 799. The highest BCUT2D eigenvalue weighted by molar-refractivity contribution is 5.94. The van der Waals surface area contributed by atoms with Crippen molar-refractivity contribution in [3.8, 4) is 0 Å². The summed E-state index contributed by atoms with van der Waals surface area (Å²) in [6.45, 7) is 2.52. The van der Waals surface area contributed by atoms with Crippen molar-refractivity contribution in [2.75, 3.05) is 0 Å². The number of hydrogen-bond acceptors (Lipinski definition) is 3. The Morgan fingerprint density at radius 3 is 2.54 bits per heavy atom. The Labute approximate surface area is 141 Å². The van der Waals surface area contributed by atoms with E-state index in [2.05, 4.69) is 10.1 Å². The van der Waals surface area contributed by atoms with Crippen LogP contribution in [0.1, 0.15) is 34.6 Å². The van der Waals surface area contributed by atoms with Crippen molar-refractivity contribution in [2.45, 2.75) is 19.5 Å². The molecule has 0 bridgehead atoms. The molecule has 0 fully saturated rings. The number of benzene rings is 1. The van der Waals surface area contributed by atoms with Crippen molar-refractivity contribution in [3.63, 3.8) is 0 Å². The molecule has 1 atom stereocenters. The van der Waals surface area contributed by atoms with E-state index in [4.69, 9.17) is 0 Å². The van der Waals surface area contributed by atoms with Crippen LogP contribution in [-0.4, -0.2) is 25.6 Å². The summed E-state index contributed by atoms with van der Waals surface area (Å²) in [7, 11) is 1.81. The van der Waals surface area contributed by atoms with Crippen LogP contribution in [0.4, 0.5) is 0 Å². The van der Waals surface area contributed by atoms with Gasteiger partial charge in [0.2, 0.25) is 0 Å². The Balaban J connectivity index is 1.92. The fraction of sp³-hybridized carbons (Fsp3) is 0.211. The zero-order valence-corrected chi connectivity index (χ0v) is 13.8. The third kappa shape index (κ3) is 3.51. The molecule has 24 heavy (non-hydrogen) atoms. The second-order valence-electron chi connectivity index (χ2n) is 5.75. The maximum atomic E-state index is 13.0. The summed E-state index contributed by atoms with van der Waals surface area (Å²) < 4.78 is 1.64. The molecule has 1 amide bonds.